The minimum Gasteiger partial charge on any atom is -0.490 e. The van der Waals surface area contributed by atoms with Crippen molar-refractivity contribution in [2.75, 3.05) is 20.3 Å². The summed E-state index contributed by atoms with van der Waals surface area (Å²) >= 11 is 0. The van der Waals surface area contributed by atoms with Crippen molar-refractivity contribution in [3.8, 4) is 5.75 Å². The van der Waals surface area contributed by atoms with Gasteiger partial charge in [-0.25, -0.2) is 0 Å². The monoisotopic (exact) mass is 261 g/mol. The molecule has 2 aliphatic rings. The Hall–Kier alpha value is -1.06. The topological polar surface area (TPSA) is 30.5 Å². The Morgan fingerprint density at radius 1 is 1.21 bits per heavy atom. The molecule has 0 aromatic heterocycles. The molecule has 0 saturated carbocycles. The third kappa shape index (κ3) is 2.77. The van der Waals surface area contributed by atoms with E-state index < -0.39 is 0 Å². The van der Waals surface area contributed by atoms with Crippen LogP contribution in [-0.4, -0.2) is 26.4 Å². The lowest BCUT2D eigenvalue weighted by Gasteiger charge is -2.29. The van der Waals surface area contributed by atoms with Crippen LogP contribution in [-0.2, 0) is 11.2 Å². The van der Waals surface area contributed by atoms with Gasteiger partial charge in [-0.05, 0) is 43.5 Å². The van der Waals surface area contributed by atoms with Crippen LogP contribution in [0.15, 0.2) is 18.2 Å². The van der Waals surface area contributed by atoms with Gasteiger partial charge in [-0.15, -0.1) is 0 Å². The second kappa shape index (κ2) is 5.93. The number of fused-ring (bicyclic) bond motifs is 1. The second-order valence-corrected chi connectivity index (χ2v) is 5.49. The molecule has 1 unspecified atom stereocenters. The first-order chi connectivity index (χ1) is 9.38. The van der Waals surface area contributed by atoms with Crippen molar-refractivity contribution in [3.63, 3.8) is 0 Å². The molecule has 0 bridgehead atoms. The maximum atomic E-state index is 6.24. The highest BCUT2D eigenvalue weighted by atomic mass is 16.5. The van der Waals surface area contributed by atoms with Crippen LogP contribution in [0.3, 0.4) is 0 Å². The lowest BCUT2D eigenvalue weighted by molar-refractivity contribution is 0.0250. The molecule has 1 saturated heterocycles. The van der Waals surface area contributed by atoms with Gasteiger partial charge in [-0.3, -0.25) is 0 Å². The highest BCUT2D eigenvalue weighted by Gasteiger charge is 2.23. The zero-order chi connectivity index (χ0) is 13.1. The van der Waals surface area contributed by atoms with Gasteiger partial charge in [-0.1, -0.05) is 12.1 Å². The molecule has 104 valence electrons. The van der Waals surface area contributed by atoms with Gasteiger partial charge in [0, 0.05) is 18.9 Å². The molecule has 1 aliphatic heterocycles. The molecule has 0 radical (unpaired) electrons. The molecule has 3 heteroatoms. The van der Waals surface area contributed by atoms with E-state index in [-0.39, 0.29) is 0 Å². The molecule has 1 aromatic rings. The molecular formula is C16H23NO2. The quantitative estimate of drug-likeness (QED) is 0.907. The van der Waals surface area contributed by atoms with Gasteiger partial charge in [0.15, 0.2) is 0 Å². The Balaban J connectivity index is 1.81. The highest BCUT2D eigenvalue weighted by molar-refractivity contribution is 5.43. The molecular weight excluding hydrogens is 238 g/mol. The Bertz CT molecular complexity index is 427. The van der Waals surface area contributed by atoms with Crippen LogP contribution >= 0.6 is 0 Å². The summed E-state index contributed by atoms with van der Waals surface area (Å²) in [6.45, 7) is 1.66. The maximum absolute atomic E-state index is 6.24. The third-order valence-electron chi connectivity index (χ3n) is 4.27. The number of nitrogens with one attached hydrogen (secondary N) is 1. The average molecular weight is 261 g/mol. The van der Waals surface area contributed by atoms with Crippen molar-refractivity contribution < 1.29 is 9.47 Å². The van der Waals surface area contributed by atoms with Crippen LogP contribution in [0.4, 0.5) is 0 Å². The Morgan fingerprint density at radius 3 is 2.84 bits per heavy atom. The first-order valence-electron chi connectivity index (χ1n) is 7.42. The van der Waals surface area contributed by atoms with E-state index >= 15 is 0 Å². The summed E-state index contributed by atoms with van der Waals surface area (Å²) < 4.78 is 11.6. The van der Waals surface area contributed by atoms with Crippen molar-refractivity contribution in [2.45, 2.75) is 44.2 Å². The van der Waals surface area contributed by atoms with Crippen LogP contribution in [0.1, 0.15) is 42.9 Å². The third-order valence-corrected chi connectivity index (χ3v) is 4.27. The maximum Gasteiger partial charge on any atom is 0.123 e. The summed E-state index contributed by atoms with van der Waals surface area (Å²) in [7, 11) is 2.05. The van der Waals surface area contributed by atoms with Gasteiger partial charge in [0.1, 0.15) is 11.9 Å². The van der Waals surface area contributed by atoms with E-state index in [0.29, 0.717) is 12.1 Å². The summed E-state index contributed by atoms with van der Waals surface area (Å²) in [5, 5.41) is 3.42. The molecule has 3 rings (SSSR count). The number of ether oxygens (including phenoxy) is 2. The van der Waals surface area contributed by atoms with Gasteiger partial charge in [0.25, 0.3) is 0 Å². The smallest absolute Gasteiger partial charge is 0.123 e. The van der Waals surface area contributed by atoms with E-state index in [2.05, 4.69) is 23.5 Å². The Kier molecular flexibility index (Phi) is 4.04. The van der Waals surface area contributed by atoms with E-state index in [1.54, 1.807) is 0 Å². The predicted molar refractivity (Wildman–Crippen MR) is 75.6 cm³/mol. The number of hydrogen-bond donors (Lipinski definition) is 1. The van der Waals surface area contributed by atoms with E-state index in [4.69, 9.17) is 9.47 Å². The van der Waals surface area contributed by atoms with Gasteiger partial charge in [-0.2, -0.15) is 0 Å². The first kappa shape index (κ1) is 12.9. The van der Waals surface area contributed by atoms with Crippen molar-refractivity contribution in [1.29, 1.82) is 0 Å². The predicted octanol–water partition coefficient (Wildman–Crippen LogP) is 2.84. The lowest BCUT2D eigenvalue weighted by Crippen LogP contribution is -2.27. The van der Waals surface area contributed by atoms with Gasteiger partial charge >= 0.3 is 0 Å². The lowest BCUT2D eigenvalue weighted by atomic mass is 9.87. The molecule has 0 spiro atoms. The minimum atomic E-state index is 0.329. The van der Waals surface area contributed by atoms with Crippen molar-refractivity contribution in [3.05, 3.63) is 29.3 Å². The summed E-state index contributed by atoms with van der Waals surface area (Å²) in [4.78, 5) is 0. The van der Waals surface area contributed by atoms with E-state index in [9.17, 15) is 0 Å². The fourth-order valence-electron chi connectivity index (χ4n) is 3.20. The molecule has 0 amide bonds. The zero-order valence-corrected chi connectivity index (χ0v) is 11.7. The summed E-state index contributed by atoms with van der Waals surface area (Å²) in [5.74, 6) is 1.10. The zero-order valence-electron chi connectivity index (χ0n) is 11.7. The molecule has 1 aromatic carbocycles. The molecule has 1 fully saturated rings. The van der Waals surface area contributed by atoms with Crippen molar-refractivity contribution in [1.82, 2.24) is 5.32 Å². The van der Waals surface area contributed by atoms with Crippen molar-refractivity contribution >= 4 is 0 Å². The summed E-state index contributed by atoms with van der Waals surface area (Å²) in [5.41, 5.74) is 2.85. The van der Waals surface area contributed by atoms with E-state index in [1.807, 2.05) is 7.05 Å². The number of hydrogen-bond acceptors (Lipinski definition) is 3. The van der Waals surface area contributed by atoms with Crippen LogP contribution < -0.4 is 10.1 Å². The second-order valence-electron chi connectivity index (χ2n) is 5.49. The van der Waals surface area contributed by atoms with Gasteiger partial charge < -0.3 is 14.8 Å². The molecule has 1 N–H and O–H groups in total. The van der Waals surface area contributed by atoms with Gasteiger partial charge in [0.2, 0.25) is 0 Å². The van der Waals surface area contributed by atoms with E-state index in [1.165, 1.54) is 24.0 Å². The molecule has 1 heterocycles. The molecule has 1 aliphatic carbocycles. The van der Waals surface area contributed by atoms with Crippen molar-refractivity contribution in [2.24, 2.45) is 0 Å². The van der Waals surface area contributed by atoms with Crippen LogP contribution in [0, 0.1) is 0 Å². The minimum absolute atomic E-state index is 0.329. The SMILES string of the molecule is CNC1CCCc2c(OC3CCOCC3)cccc21. The first-order valence-corrected chi connectivity index (χ1v) is 7.42. The summed E-state index contributed by atoms with van der Waals surface area (Å²) in [6, 6.07) is 6.99. The molecule has 19 heavy (non-hydrogen) atoms. The average Bonchev–Trinajstić information content (AvgIpc) is 2.48. The molecule has 1 atom stereocenters. The standard InChI is InChI=1S/C16H23NO2/c1-17-15-6-2-5-14-13(15)4-3-7-16(14)19-12-8-10-18-11-9-12/h3-4,7,12,15,17H,2,5-6,8-11H2,1H3. The van der Waals surface area contributed by atoms with Crippen LogP contribution in [0.5, 0.6) is 5.75 Å². The normalized spacial score (nSPS) is 23.9. The van der Waals surface area contributed by atoms with Gasteiger partial charge in [0.05, 0.1) is 13.2 Å². The van der Waals surface area contributed by atoms with E-state index in [0.717, 1.165) is 38.2 Å². The largest absolute Gasteiger partial charge is 0.490 e. The fourth-order valence-corrected chi connectivity index (χ4v) is 3.20. The Labute approximate surface area is 115 Å². The summed E-state index contributed by atoms with van der Waals surface area (Å²) in [6.07, 6.45) is 5.97. The Morgan fingerprint density at radius 2 is 2.05 bits per heavy atom. The number of benzene rings is 1. The highest BCUT2D eigenvalue weighted by Crippen LogP contribution is 2.36. The molecule has 3 nitrogen and oxygen atoms in total. The number of rotatable bonds is 3. The fraction of sp³-hybridized carbons (Fsp3) is 0.625. The van der Waals surface area contributed by atoms with Crippen LogP contribution in [0.25, 0.3) is 0 Å². The van der Waals surface area contributed by atoms with Crippen LogP contribution in [0.2, 0.25) is 0 Å².